The van der Waals surface area contributed by atoms with Crippen molar-refractivity contribution in [3.05, 3.63) is 53.6 Å². The van der Waals surface area contributed by atoms with Gasteiger partial charge in [0.05, 0.1) is 11.6 Å². The zero-order chi connectivity index (χ0) is 17.4. The molecule has 2 aromatic rings. The van der Waals surface area contributed by atoms with Gasteiger partial charge in [-0.1, -0.05) is 0 Å². The molecule has 2 N–H and O–H groups in total. The Morgan fingerprint density at radius 1 is 1.32 bits per heavy atom. The monoisotopic (exact) mass is 338 g/mol. The van der Waals surface area contributed by atoms with Gasteiger partial charge in [-0.25, -0.2) is 0 Å². The Morgan fingerprint density at radius 2 is 2.08 bits per heavy atom. The lowest BCUT2D eigenvalue weighted by molar-refractivity contribution is -0.127. The van der Waals surface area contributed by atoms with Crippen molar-refractivity contribution in [1.29, 1.82) is 0 Å². The molecule has 25 heavy (non-hydrogen) atoms. The van der Waals surface area contributed by atoms with Crippen LogP contribution in [0.25, 0.3) is 0 Å². The maximum Gasteiger partial charge on any atom is 0.253 e. The Kier molecular flexibility index (Phi) is 4.03. The molecule has 2 atom stereocenters. The Morgan fingerprint density at radius 3 is 2.80 bits per heavy atom. The first-order chi connectivity index (χ1) is 12.1. The number of nitrogens with one attached hydrogen (secondary N) is 2. The molecular formula is C19H22N4O2. The molecule has 2 amide bonds. The van der Waals surface area contributed by atoms with Gasteiger partial charge < -0.3 is 15.2 Å². The van der Waals surface area contributed by atoms with Crippen molar-refractivity contribution in [3.63, 3.8) is 0 Å². The maximum atomic E-state index is 12.6. The first-order valence-electron chi connectivity index (χ1n) is 8.76. The van der Waals surface area contributed by atoms with Crippen LogP contribution in [0.4, 0.5) is 0 Å². The largest absolute Gasteiger partial charge is 0.364 e. The zero-order valence-electron chi connectivity index (χ0n) is 14.2. The van der Waals surface area contributed by atoms with Crippen LogP contribution in [0, 0.1) is 5.92 Å². The standard InChI is InChI=1S/C19H22N4O2/c1-23-16(24)10-14(18(23)13-4-7-20-8-5-13)11-22-19(25)15-6-9-21-17(15)12-2-3-12/h4-9,12,14,18,21H,2-3,10-11H2,1H3,(H,22,25)/t14-,18-/m0/s1. The average Bonchev–Trinajstić information content (AvgIpc) is 3.28. The second kappa shape index (κ2) is 6.35. The lowest BCUT2D eigenvalue weighted by Gasteiger charge is -2.25. The summed E-state index contributed by atoms with van der Waals surface area (Å²) in [6.45, 7) is 0.483. The third kappa shape index (κ3) is 3.04. The minimum absolute atomic E-state index is 0.0232. The molecule has 0 spiro atoms. The number of H-pyrrole nitrogens is 1. The summed E-state index contributed by atoms with van der Waals surface area (Å²) in [6, 6.07) is 5.69. The van der Waals surface area contributed by atoms with Crippen molar-refractivity contribution in [2.75, 3.05) is 13.6 Å². The second-order valence-electron chi connectivity index (χ2n) is 6.98. The third-order valence-corrected chi connectivity index (χ3v) is 5.28. The summed E-state index contributed by atoms with van der Waals surface area (Å²) in [6.07, 6.45) is 8.05. The van der Waals surface area contributed by atoms with Crippen LogP contribution in [0.3, 0.4) is 0 Å². The fraction of sp³-hybridized carbons (Fsp3) is 0.421. The maximum absolute atomic E-state index is 12.6. The van der Waals surface area contributed by atoms with Gasteiger partial charge in [-0.3, -0.25) is 14.6 Å². The Hall–Kier alpha value is -2.63. The summed E-state index contributed by atoms with van der Waals surface area (Å²) in [5, 5.41) is 3.04. The van der Waals surface area contributed by atoms with E-state index in [-0.39, 0.29) is 23.8 Å². The van der Waals surface area contributed by atoms with Gasteiger partial charge in [-0.15, -0.1) is 0 Å². The summed E-state index contributed by atoms with van der Waals surface area (Å²) >= 11 is 0. The van der Waals surface area contributed by atoms with Crippen LogP contribution in [0.5, 0.6) is 0 Å². The SMILES string of the molecule is CN1C(=O)C[C@@H](CNC(=O)c2cc[nH]c2C2CC2)[C@@H]1c1ccncc1. The minimum atomic E-state index is -0.0568. The smallest absolute Gasteiger partial charge is 0.253 e. The first-order valence-corrected chi connectivity index (χ1v) is 8.76. The van der Waals surface area contributed by atoms with Gasteiger partial charge in [-0.2, -0.15) is 0 Å². The van der Waals surface area contributed by atoms with Crippen molar-refractivity contribution in [2.24, 2.45) is 5.92 Å². The summed E-state index contributed by atoms with van der Waals surface area (Å²) < 4.78 is 0. The second-order valence-corrected chi connectivity index (χ2v) is 6.98. The van der Waals surface area contributed by atoms with Crippen LogP contribution in [-0.2, 0) is 4.79 Å². The van der Waals surface area contributed by atoms with Gasteiger partial charge in [0.25, 0.3) is 5.91 Å². The van der Waals surface area contributed by atoms with Crippen LogP contribution >= 0.6 is 0 Å². The molecule has 0 bridgehead atoms. The van der Waals surface area contributed by atoms with E-state index in [2.05, 4.69) is 15.3 Å². The summed E-state index contributed by atoms with van der Waals surface area (Å²) in [5.41, 5.74) is 2.84. The van der Waals surface area contributed by atoms with Gasteiger partial charge >= 0.3 is 0 Å². The molecule has 4 rings (SSSR count). The van der Waals surface area contributed by atoms with Crippen LogP contribution in [0.2, 0.25) is 0 Å². The number of pyridine rings is 1. The van der Waals surface area contributed by atoms with E-state index in [9.17, 15) is 9.59 Å². The fourth-order valence-corrected chi connectivity index (χ4v) is 3.80. The Labute approximate surface area is 146 Å². The van der Waals surface area contributed by atoms with Crippen molar-refractivity contribution in [1.82, 2.24) is 20.2 Å². The summed E-state index contributed by atoms with van der Waals surface area (Å²) in [4.78, 5) is 33.8. The number of nitrogens with zero attached hydrogens (tertiary/aromatic N) is 2. The van der Waals surface area contributed by atoms with E-state index in [1.165, 1.54) is 0 Å². The number of hydrogen-bond acceptors (Lipinski definition) is 3. The number of aromatic amines is 1. The van der Waals surface area contributed by atoms with Crippen molar-refractivity contribution in [2.45, 2.75) is 31.2 Å². The first kappa shape index (κ1) is 15.9. The van der Waals surface area contributed by atoms with E-state index in [0.717, 1.165) is 29.7 Å². The molecule has 0 radical (unpaired) electrons. The van der Waals surface area contributed by atoms with Crippen molar-refractivity contribution < 1.29 is 9.59 Å². The Balaban J connectivity index is 1.46. The predicted octanol–water partition coefficient (Wildman–Crippen LogP) is 2.24. The molecule has 130 valence electrons. The molecule has 2 aromatic heterocycles. The molecular weight excluding hydrogens is 316 g/mol. The highest BCUT2D eigenvalue weighted by atomic mass is 16.2. The van der Waals surface area contributed by atoms with Crippen LogP contribution in [-0.4, -0.2) is 40.3 Å². The zero-order valence-corrected chi connectivity index (χ0v) is 14.2. The molecule has 1 aliphatic heterocycles. The number of hydrogen-bond donors (Lipinski definition) is 2. The third-order valence-electron chi connectivity index (χ3n) is 5.28. The Bertz CT molecular complexity index is 782. The highest BCUT2D eigenvalue weighted by molar-refractivity contribution is 5.95. The average molecular weight is 338 g/mol. The predicted molar refractivity (Wildman–Crippen MR) is 93.0 cm³/mol. The molecule has 1 aliphatic carbocycles. The summed E-state index contributed by atoms with van der Waals surface area (Å²) in [7, 11) is 1.83. The van der Waals surface area contributed by atoms with Gasteiger partial charge in [0.1, 0.15) is 0 Å². The van der Waals surface area contributed by atoms with Crippen LogP contribution in [0.1, 0.15) is 52.8 Å². The van der Waals surface area contributed by atoms with Gasteiger partial charge in [0.2, 0.25) is 5.91 Å². The van der Waals surface area contributed by atoms with E-state index in [0.29, 0.717) is 18.9 Å². The quantitative estimate of drug-likeness (QED) is 0.877. The number of rotatable bonds is 5. The van der Waals surface area contributed by atoms with Crippen molar-refractivity contribution >= 4 is 11.8 Å². The molecule has 1 saturated carbocycles. The van der Waals surface area contributed by atoms with Crippen LogP contribution in [0.15, 0.2) is 36.8 Å². The highest BCUT2D eigenvalue weighted by Crippen LogP contribution is 2.41. The number of likely N-dealkylation sites (tertiary alicyclic amines) is 1. The van der Waals surface area contributed by atoms with E-state index in [1.807, 2.05) is 31.4 Å². The molecule has 0 unspecified atom stereocenters. The van der Waals surface area contributed by atoms with E-state index in [1.54, 1.807) is 17.3 Å². The van der Waals surface area contributed by atoms with E-state index < -0.39 is 0 Å². The molecule has 6 nitrogen and oxygen atoms in total. The van der Waals surface area contributed by atoms with Crippen molar-refractivity contribution in [3.8, 4) is 0 Å². The van der Waals surface area contributed by atoms with E-state index >= 15 is 0 Å². The molecule has 3 heterocycles. The number of aromatic nitrogens is 2. The molecule has 2 aliphatic rings. The fourth-order valence-electron chi connectivity index (χ4n) is 3.80. The normalized spacial score (nSPS) is 23.1. The van der Waals surface area contributed by atoms with E-state index in [4.69, 9.17) is 0 Å². The molecule has 1 saturated heterocycles. The lowest BCUT2D eigenvalue weighted by Crippen LogP contribution is -2.32. The number of carbonyl (C=O) groups is 2. The minimum Gasteiger partial charge on any atom is -0.364 e. The highest BCUT2D eigenvalue weighted by Gasteiger charge is 2.38. The molecule has 2 fully saturated rings. The molecule has 0 aromatic carbocycles. The van der Waals surface area contributed by atoms with Gasteiger partial charge in [0.15, 0.2) is 0 Å². The lowest BCUT2D eigenvalue weighted by atomic mass is 9.94. The number of carbonyl (C=O) groups excluding carboxylic acids is 2. The van der Waals surface area contributed by atoms with Crippen LogP contribution < -0.4 is 5.32 Å². The van der Waals surface area contributed by atoms with Gasteiger partial charge in [0, 0.05) is 50.2 Å². The molecule has 6 heteroatoms. The number of amides is 2. The summed E-state index contributed by atoms with van der Waals surface area (Å²) in [5.74, 6) is 0.617. The topological polar surface area (TPSA) is 78.1 Å². The van der Waals surface area contributed by atoms with Gasteiger partial charge in [-0.05, 0) is 42.5 Å².